The van der Waals surface area contributed by atoms with E-state index in [0.717, 1.165) is 28.6 Å². The van der Waals surface area contributed by atoms with Gasteiger partial charge in [0.15, 0.2) is 23.8 Å². The minimum Gasteiger partial charge on any atom is -0.465 e. The Bertz CT molecular complexity index is 855. The molecule has 1 aliphatic heterocycles. The van der Waals surface area contributed by atoms with Crippen molar-refractivity contribution in [1.29, 1.82) is 0 Å². The van der Waals surface area contributed by atoms with E-state index in [2.05, 4.69) is 14.6 Å². The summed E-state index contributed by atoms with van der Waals surface area (Å²) in [4.78, 5) is 29.0. The maximum Gasteiger partial charge on any atom is 0.330 e. The van der Waals surface area contributed by atoms with Crippen molar-refractivity contribution in [1.82, 2.24) is 10.0 Å². The third kappa shape index (κ3) is 6.32. The Morgan fingerprint density at radius 1 is 1.38 bits per heavy atom. The minimum atomic E-state index is -2.65. The van der Waals surface area contributed by atoms with Crippen LogP contribution in [0.3, 0.4) is 0 Å². The van der Waals surface area contributed by atoms with Gasteiger partial charge in [-0.2, -0.15) is 0 Å². The zero-order valence-corrected chi connectivity index (χ0v) is 19.5. The normalized spacial score (nSPS) is 19.5. The SMILES string of the molecule is CNS(=O)N(CC=O)c1c(OCOP(O)O)ccc(C2=CC(CCC3CCC3)NC2)c1F. The molecular formula is C20H29FN3O6PS. The molecule has 0 bridgehead atoms. The first kappa shape index (κ1) is 25.2. The van der Waals surface area contributed by atoms with Crippen LogP contribution >= 0.6 is 8.60 Å². The molecule has 0 radical (unpaired) electrons. The summed E-state index contributed by atoms with van der Waals surface area (Å²) < 4.78 is 41.7. The molecule has 1 aromatic carbocycles. The predicted molar refractivity (Wildman–Crippen MR) is 121 cm³/mol. The molecule has 178 valence electrons. The Morgan fingerprint density at radius 2 is 2.16 bits per heavy atom. The smallest absolute Gasteiger partial charge is 0.330 e. The molecule has 1 aromatic rings. The van der Waals surface area contributed by atoms with Crippen LogP contribution < -0.4 is 19.1 Å². The van der Waals surface area contributed by atoms with Crippen LogP contribution in [0.5, 0.6) is 5.75 Å². The molecule has 12 heteroatoms. The third-order valence-electron chi connectivity index (χ3n) is 5.74. The molecule has 1 fully saturated rings. The molecule has 1 saturated carbocycles. The molecule has 2 atom stereocenters. The van der Waals surface area contributed by atoms with Crippen LogP contribution in [0, 0.1) is 11.7 Å². The Hall–Kier alpha value is -1.46. The van der Waals surface area contributed by atoms with Gasteiger partial charge in [0.1, 0.15) is 17.7 Å². The first-order chi connectivity index (χ1) is 15.4. The van der Waals surface area contributed by atoms with E-state index in [-0.39, 0.29) is 24.0 Å². The van der Waals surface area contributed by atoms with Crippen LogP contribution in [0.15, 0.2) is 18.2 Å². The quantitative estimate of drug-likeness (QED) is 0.190. The summed E-state index contributed by atoms with van der Waals surface area (Å²) in [5.74, 6) is 0.0704. The van der Waals surface area contributed by atoms with Crippen molar-refractivity contribution >= 4 is 37.3 Å². The van der Waals surface area contributed by atoms with E-state index in [4.69, 9.17) is 14.5 Å². The monoisotopic (exact) mass is 489 g/mol. The summed E-state index contributed by atoms with van der Waals surface area (Å²) >= 11 is -1.91. The fourth-order valence-electron chi connectivity index (χ4n) is 3.87. The largest absolute Gasteiger partial charge is 0.465 e. The van der Waals surface area contributed by atoms with Gasteiger partial charge in [-0.1, -0.05) is 25.3 Å². The van der Waals surface area contributed by atoms with Gasteiger partial charge in [0.25, 0.3) is 0 Å². The van der Waals surface area contributed by atoms with E-state index in [9.17, 15) is 9.00 Å². The topological polar surface area (TPSA) is 120 Å². The number of hydrogen-bond acceptors (Lipinski definition) is 7. The summed E-state index contributed by atoms with van der Waals surface area (Å²) in [7, 11) is -1.24. The van der Waals surface area contributed by atoms with E-state index in [1.54, 1.807) is 6.07 Å². The van der Waals surface area contributed by atoms with Crippen molar-refractivity contribution in [2.24, 2.45) is 5.92 Å². The number of ether oxygens (including phenoxy) is 1. The number of nitrogens with zero attached hydrogens (tertiary/aromatic N) is 1. The maximum atomic E-state index is 15.7. The summed E-state index contributed by atoms with van der Waals surface area (Å²) in [6, 6.07) is 3.21. The van der Waals surface area contributed by atoms with Crippen LogP contribution in [0.2, 0.25) is 0 Å². The number of hydrogen-bond donors (Lipinski definition) is 4. The molecule has 0 amide bonds. The Balaban J connectivity index is 1.88. The molecule has 32 heavy (non-hydrogen) atoms. The minimum absolute atomic E-state index is 0.0401. The van der Waals surface area contributed by atoms with E-state index >= 15 is 4.39 Å². The predicted octanol–water partition coefficient (Wildman–Crippen LogP) is 2.13. The number of rotatable bonds is 13. The number of anilines is 1. The average molecular weight is 490 g/mol. The van der Waals surface area contributed by atoms with Crippen LogP contribution in [-0.4, -0.2) is 53.3 Å². The molecule has 0 saturated heterocycles. The third-order valence-corrected chi connectivity index (χ3v) is 7.16. The van der Waals surface area contributed by atoms with Crippen LogP contribution in [0.1, 0.15) is 37.7 Å². The number of carbonyl (C=O) groups excluding carboxylic acids is 1. The van der Waals surface area contributed by atoms with Crippen LogP contribution in [0.4, 0.5) is 10.1 Å². The summed E-state index contributed by atoms with van der Waals surface area (Å²) in [6.45, 7) is -0.407. The lowest BCUT2D eigenvalue weighted by Gasteiger charge is -2.26. The van der Waals surface area contributed by atoms with E-state index in [1.807, 2.05) is 6.08 Å². The standard InChI is InChI=1S/C20H29FN3O6PS/c1-22-32(28)24(9-10-25)20-18(29-13-30-31(26)27)8-7-17(19(20)21)15-11-16(23-12-15)6-5-14-3-2-4-14/h7-8,10-11,14,16,22-23,26-27H,2-6,9,12-13H2,1H3. The van der Waals surface area contributed by atoms with E-state index in [0.29, 0.717) is 18.4 Å². The number of aldehydes is 1. The van der Waals surface area contributed by atoms with Gasteiger partial charge in [0, 0.05) is 18.2 Å². The van der Waals surface area contributed by atoms with Crippen LogP contribution in [0.25, 0.3) is 5.57 Å². The van der Waals surface area contributed by atoms with Gasteiger partial charge in [0.2, 0.25) is 0 Å². The second-order valence-electron chi connectivity index (χ2n) is 7.65. The molecule has 2 unspecified atom stereocenters. The highest BCUT2D eigenvalue weighted by molar-refractivity contribution is 7.84. The van der Waals surface area contributed by atoms with Crippen molar-refractivity contribution in [3.8, 4) is 5.75 Å². The van der Waals surface area contributed by atoms with Crippen molar-refractivity contribution in [3.05, 3.63) is 29.6 Å². The van der Waals surface area contributed by atoms with Gasteiger partial charge in [-0.25, -0.2) is 13.3 Å². The van der Waals surface area contributed by atoms with Crippen molar-refractivity contribution in [2.45, 2.75) is 38.1 Å². The van der Waals surface area contributed by atoms with E-state index < -0.39 is 32.4 Å². The van der Waals surface area contributed by atoms with Gasteiger partial charge >= 0.3 is 8.60 Å². The van der Waals surface area contributed by atoms with Gasteiger partial charge in [0.05, 0.1) is 6.54 Å². The average Bonchev–Trinajstić information content (AvgIpc) is 3.19. The molecule has 3 rings (SSSR count). The van der Waals surface area contributed by atoms with Gasteiger partial charge in [-0.05, 0) is 43.5 Å². The molecule has 2 aliphatic rings. The Labute approximate surface area is 190 Å². The number of carbonyl (C=O) groups is 1. The fourth-order valence-corrected chi connectivity index (χ4v) is 4.77. The highest BCUT2D eigenvalue weighted by atomic mass is 32.2. The summed E-state index contributed by atoms with van der Waals surface area (Å²) in [5, 5.41) is 3.40. The van der Waals surface area contributed by atoms with Gasteiger partial charge < -0.3 is 24.6 Å². The van der Waals surface area contributed by atoms with Crippen LogP contribution in [-0.2, 0) is 20.5 Å². The highest BCUT2D eigenvalue weighted by Crippen LogP contribution is 2.38. The first-order valence-electron chi connectivity index (χ1n) is 10.5. The number of halogens is 1. The second-order valence-corrected chi connectivity index (χ2v) is 9.76. The zero-order chi connectivity index (χ0) is 23.1. The van der Waals surface area contributed by atoms with Crippen molar-refractivity contribution in [3.63, 3.8) is 0 Å². The van der Waals surface area contributed by atoms with Gasteiger partial charge in [-0.15, -0.1) is 0 Å². The van der Waals surface area contributed by atoms with E-state index in [1.165, 1.54) is 32.4 Å². The summed E-state index contributed by atoms with van der Waals surface area (Å²) in [5.41, 5.74) is 0.924. The summed E-state index contributed by atoms with van der Waals surface area (Å²) in [6.07, 6.45) is 8.55. The first-order valence-corrected chi connectivity index (χ1v) is 12.7. The van der Waals surface area contributed by atoms with Crippen molar-refractivity contribution in [2.75, 3.05) is 31.2 Å². The zero-order valence-electron chi connectivity index (χ0n) is 17.8. The molecule has 0 aromatic heterocycles. The number of benzene rings is 1. The molecule has 4 N–H and O–H groups in total. The molecule has 9 nitrogen and oxygen atoms in total. The lowest BCUT2D eigenvalue weighted by Crippen LogP contribution is -2.36. The highest BCUT2D eigenvalue weighted by Gasteiger charge is 2.28. The maximum absolute atomic E-state index is 15.7. The number of nitrogens with one attached hydrogen (secondary N) is 2. The lowest BCUT2D eigenvalue weighted by atomic mass is 9.81. The van der Waals surface area contributed by atoms with Gasteiger partial charge in [-0.3, -0.25) is 8.83 Å². The fraction of sp³-hybridized carbons (Fsp3) is 0.550. The second kappa shape index (κ2) is 12.1. The molecule has 0 spiro atoms. The van der Waals surface area contributed by atoms with Crippen molar-refractivity contribution < 1.29 is 32.4 Å². The molecule has 1 heterocycles. The lowest BCUT2D eigenvalue weighted by molar-refractivity contribution is -0.106. The Morgan fingerprint density at radius 3 is 2.78 bits per heavy atom. The Kier molecular flexibility index (Phi) is 9.54. The molecule has 1 aliphatic carbocycles. The molecular weight excluding hydrogens is 460 g/mol.